The van der Waals surface area contributed by atoms with E-state index >= 15 is 0 Å². The molecule has 3 rings (SSSR count). The summed E-state index contributed by atoms with van der Waals surface area (Å²) >= 11 is 11.6. The van der Waals surface area contributed by atoms with Crippen LogP contribution < -0.4 is 10.3 Å². The molecule has 0 aliphatic carbocycles. The van der Waals surface area contributed by atoms with Gasteiger partial charge in [-0.1, -0.05) is 23.2 Å². The number of aromatic nitrogens is 3. The van der Waals surface area contributed by atoms with Crippen molar-refractivity contribution in [3.05, 3.63) is 68.7 Å². The molecule has 0 fully saturated rings. The second-order valence-corrected chi connectivity index (χ2v) is 7.75. The Morgan fingerprint density at radius 1 is 1.23 bits per heavy atom. The fourth-order valence-corrected chi connectivity index (χ4v) is 3.36. The average molecular weight is 415 g/mol. The first kappa shape index (κ1) is 18.6. The van der Waals surface area contributed by atoms with E-state index in [1.807, 2.05) is 0 Å². The van der Waals surface area contributed by atoms with Gasteiger partial charge in [-0.3, -0.25) is 4.79 Å². The van der Waals surface area contributed by atoms with E-state index in [-0.39, 0.29) is 21.5 Å². The van der Waals surface area contributed by atoms with E-state index < -0.39 is 15.6 Å². The lowest BCUT2D eigenvalue weighted by Crippen LogP contribution is -2.24. The van der Waals surface area contributed by atoms with Crippen molar-refractivity contribution in [3.63, 3.8) is 0 Å². The summed E-state index contributed by atoms with van der Waals surface area (Å²) in [6.45, 7) is 1.66. The number of hydrogen-bond acceptors (Lipinski definition) is 6. The molecule has 0 spiro atoms. The number of oxazole rings is 1. The Hall–Kier alpha value is -2.20. The zero-order valence-electron chi connectivity index (χ0n) is 13.3. The summed E-state index contributed by atoms with van der Waals surface area (Å²) in [7, 11) is -3.76. The van der Waals surface area contributed by atoms with Gasteiger partial charge in [0.2, 0.25) is 10.0 Å². The van der Waals surface area contributed by atoms with Crippen LogP contribution >= 0.6 is 23.2 Å². The summed E-state index contributed by atoms with van der Waals surface area (Å²) < 4.78 is 33.1. The third-order valence-electron chi connectivity index (χ3n) is 3.38. The van der Waals surface area contributed by atoms with Crippen LogP contribution in [0.3, 0.4) is 0 Å². The van der Waals surface area contributed by atoms with Crippen LogP contribution in [0.4, 0.5) is 0 Å². The van der Waals surface area contributed by atoms with E-state index in [4.69, 9.17) is 27.6 Å². The number of sulfonamides is 1. The fourth-order valence-electron chi connectivity index (χ4n) is 2.10. The molecular weight excluding hydrogens is 403 g/mol. The largest absolute Gasteiger partial charge is 0.449 e. The van der Waals surface area contributed by atoms with Crippen LogP contribution in [-0.4, -0.2) is 23.2 Å². The Labute approximate surface area is 158 Å². The summed E-state index contributed by atoms with van der Waals surface area (Å²) in [5, 5.41) is 3.76. The van der Waals surface area contributed by atoms with Gasteiger partial charge in [0, 0.05) is 6.92 Å². The highest BCUT2D eigenvalue weighted by atomic mass is 35.5. The molecule has 0 amide bonds. The molecule has 136 valence electrons. The predicted molar refractivity (Wildman–Crippen MR) is 95.1 cm³/mol. The van der Waals surface area contributed by atoms with Crippen LogP contribution in [0, 0.1) is 6.92 Å². The average Bonchev–Trinajstić information content (AvgIpc) is 3.04. The molecule has 26 heavy (non-hydrogen) atoms. The Balaban J connectivity index is 1.82. The molecule has 0 bridgehead atoms. The molecule has 2 aromatic heterocycles. The minimum atomic E-state index is -3.76. The third-order valence-corrected chi connectivity index (χ3v) is 5.54. The Kier molecular flexibility index (Phi) is 5.15. The molecule has 11 heteroatoms. The quantitative estimate of drug-likeness (QED) is 0.686. The molecule has 0 unspecified atom stereocenters. The van der Waals surface area contributed by atoms with Crippen LogP contribution in [0.15, 0.2) is 50.8 Å². The fraction of sp³-hybridized carbons (Fsp3) is 0.133. The summed E-state index contributed by atoms with van der Waals surface area (Å²) in [5.74, 6) is 0.447. The molecule has 8 nitrogen and oxygen atoms in total. The summed E-state index contributed by atoms with van der Waals surface area (Å²) in [6, 6.07) is 5.57. The molecule has 0 aliphatic rings. The molecule has 3 aromatic rings. The molecule has 0 saturated heterocycles. The van der Waals surface area contributed by atoms with E-state index in [2.05, 4.69) is 14.8 Å². The number of aryl methyl sites for hydroxylation is 1. The van der Waals surface area contributed by atoms with Crippen molar-refractivity contribution in [1.29, 1.82) is 0 Å². The van der Waals surface area contributed by atoms with Crippen molar-refractivity contribution >= 4 is 33.2 Å². The molecular formula is C15H12Cl2N4O4S. The van der Waals surface area contributed by atoms with Crippen molar-refractivity contribution < 1.29 is 12.8 Å². The summed E-state index contributed by atoms with van der Waals surface area (Å²) in [6.07, 6.45) is 2.61. The number of nitrogens with one attached hydrogen (secondary N) is 1. The van der Waals surface area contributed by atoms with Crippen LogP contribution in [-0.2, 0) is 16.6 Å². The lowest BCUT2D eigenvalue weighted by molar-refractivity contribution is 0.520. The van der Waals surface area contributed by atoms with Gasteiger partial charge >= 0.3 is 0 Å². The maximum Gasteiger partial charge on any atom is 0.291 e. The number of benzene rings is 1. The van der Waals surface area contributed by atoms with Crippen molar-refractivity contribution in [2.45, 2.75) is 18.4 Å². The van der Waals surface area contributed by atoms with E-state index in [9.17, 15) is 13.2 Å². The molecule has 0 saturated carbocycles. The first-order valence-corrected chi connectivity index (χ1v) is 9.46. The number of rotatable bonds is 5. The van der Waals surface area contributed by atoms with Gasteiger partial charge in [-0.15, -0.1) is 0 Å². The number of hydrogen-bond donors (Lipinski definition) is 1. The second-order valence-electron chi connectivity index (χ2n) is 5.20. The summed E-state index contributed by atoms with van der Waals surface area (Å²) in [5.41, 5.74) is 0.211. The van der Waals surface area contributed by atoms with Gasteiger partial charge in [-0.2, -0.15) is 9.78 Å². The highest BCUT2D eigenvalue weighted by molar-refractivity contribution is 7.89. The van der Waals surface area contributed by atoms with Crippen molar-refractivity contribution in [2.24, 2.45) is 0 Å². The van der Waals surface area contributed by atoms with Crippen LogP contribution in [0.1, 0.15) is 11.6 Å². The Morgan fingerprint density at radius 3 is 2.54 bits per heavy atom. The zero-order chi connectivity index (χ0) is 18.9. The van der Waals surface area contributed by atoms with Gasteiger partial charge in [0.1, 0.15) is 11.3 Å². The molecule has 2 heterocycles. The van der Waals surface area contributed by atoms with E-state index in [0.29, 0.717) is 17.3 Å². The maximum atomic E-state index is 12.3. The van der Waals surface area contributed by atoms with Crippen molar-refractivity contribution in [1.82, 2.24) is 19.5 Å². The topological polar surface area (TPSA) is 107 Å². The van der Waals surface area contributed by atoms with Gasteiger partial charge in [0.25, 0.3) is 5.56 Å². The summed E-state index contributed by atoms with van der Waals surface area (Å²) in [4.78, 5) is 16.1. The van der Waals surface area contributed by atoms with Gasteiger partial charge in [0.05, 0.1) is 34.0 Å². The third kappa shape index (κ3) is 3.80. The van der Waals surface area contributed by atoms with Gasteiger partial charge < -0.3 is 4.42 Å². The first-order valence-electron chi connectivity index (χ1n) is 7.22. The van der Waals surface area contributed by atoms with Gasteiger partial charge in [-0.05, 0) is 24.3 Å². The highest BCUT2D eigenvalue weighted by Crippen LogP contribution is 2.17. The molecule has 1 aromatic carbocycles. The van der Waals surface area contributed by atoms with Crippen LogP contribution in [0.25, 0.3) is 5.69 Å². The van der Waals surface area contributed by atoms with Gasteiger partial charge in [0.15, 0.2) is 5.89 Å². The number of nitrogens with zero attached hydrogens (tertiary/aromatic N) is 3. The Morgan fingerprint density at radius 2 is 1.92 bits per heavy atom. The zero-order valence-corrected chi connectivity index (χ0v) is 15.6. The molecule has 1 N–H and O–H groups in total. The van der Waals surface area contributed by atoms with E-state index in [1.165, 1.54) is 36.7 Å². The smallest absolute Gasteiger partial charge is 0.291 e. The number of halogens is 2. The molecule has 0 aliphatic heterocycles. The van der Waals surface area contributed by atoms with E-state index in [0.717, 1.165) is 4.68 Å². The minimum Gasteiger partial charge on any atom is -0.449 e. The highest BCUT2D eigenvalue weighted by Gasteiger charge is 2.16. The minimum absolute atomic E-state index is 0.00473. The van der Waals surface area contributed by atoms with Crippen molar-refractivity contribution in [3.8, 4) is 5.69 Å². The van der Waals surface area contributed by atoms with Gasteiger partial charge in [-0.25, -0.2) is 18.1 Å². The van der Waals surface area contributed by atoms with E-state index in [1.54, 1.807) is 6.92 Å². The second kappa shape index (κ2) is 7.20. The SMILES string of the molecule is Cc1nc(CNS(=O)(=O)c2ccc(-n3ncc(Cl)c(Cl)c3=O)cc2)co1. The van der Waals surface area contributed by atoms with Crippen LogP contribution in [0.5, 0.6) is 0 Å². The first-order chi connectivity index (χ1) is 12.3. The molecule has 0 atom stereocenters. The normalized spacial score (nSPS) is 11.7. The molecule has 0 radical (unpaired) electrons. The standard InChI is InChI=1S/C15H12Cl2N4O4S/c1-9-20-10(8-25-9)6-19-26(23,24)12-4-2-11(3-5-12)21-15(22)14(17)13(16)7-18-21/h2-5,7-8,19H,6H2,1H3. The Bertz CT molecular complexity index is 1110. The van der Waals surface area contributed by atoms with Crippen LogP contribution in [0.2, 0.25) is 10.0 Å². The lowest BCUT2D eigenvalue weighted by Gasteiger charge is -2.08. The lowest BCUT2D eigenvalue weighted by atomic mass is 10.3. The predicted octanol–water partition coefficient (Wildman–Crippen LogP) is 2.31. The monoisotopic (exact) mass is 414 g/mol. The van der Waals surface area contributed by atoms with Crippen molar-refractivity contribution in [2.75, 3.05) is 0 Å². The maximum absolute atomic E-state index is 12.3.